The molecular formula is C25H30N4O6S2. The Morgan fingerprint density at radius 2 is 1.73 bits per heavy atom. The molecule has 0 radical (unpaired) electrons. The van der Waals surface area contributed by atoms with Crippen LogP contribution < -0.4 is 15.0 Å². The van der Waals surface area contributed by atoms with Crippen LogP contribution in [0.3, 0.4) is 0 Å². The Morgan fingerprint density at radius 1 is 1.00 bits per heavy atom. The number of methoxy groups -OCH3 is 1. The average Bonchev–Trinajstić information content (AvgIpc) is 3.32. The maximum absolute atomic E-state index is 13.8. The summed E-state index contributed by atoms with van der Waals surface area (Å²) in [7, 11) is -5.74. The van der Waals surface area contributed by atoms with E-state index < -0.39 is 24.5 Å². The molecule has 1 N–H and O–H groups in total. The number of nitrogens with one attached hydrogen (secondary N) is 1. The Morgan fingerprint density at radius 3 is 2.41 bits per heavy atom. The largest absolute Gasteiger partial charge is 0.497 e. The van der Waals surface area contributed by atoms with Crippen LogP contribution in [0, 0.1) is 0 Å². The van der Waals surface area contributed by atoms with E-state index in [4.69, 9.17) is 14.5 Å². The Kier molecular flexibility index (Phi) is 6.45. The molecule has 5 rings (SSSR count). The first kappa shape index (κ1) is 25.6. The monoisotopic (exact) mass is 546 g/mol. The second-order valence-electron chi connectivity index (χ2n) is 9.31. The van der Waals surface area contributed by atoms with Crippen LogP contribution in [0.4, 0.5) is 5.69 Å². The van der Waals surface area contributed by atoms with Gasteiger partial charge in [-0.1, -0.05) is 18.2 Å². The van der Waals surface area contributed by atoms with Crippen molar-refractivity contribution in [3.05, 3.63) is 65.5 Å². The van der Waals surface area contributed by atoms with E-state index in [9.17, 15) is 16.8 Å². The number of anilines is 1. The van der Waals surface area contributed by atoms with Gasteiger partial charge < -0.3 is 24.6 Å². The van der Waals surface area contributed by atoms with E-state index in [1.807, 2.05) is 15.9 Å². The van der Waals surface area contributed by atoms with Crippen LogP contribution >= 0.6 is 0 Å². The van der Waals surface area contributed by atoms with Gasteiger partial charge in [-0.25, -0.2) is 21.8 Å². The fourth-order valence-corrected chi connectivity index (χ4v) is 7.21. The van der Waals surface area contributed by atoms with Gasteiger partial charge in [0.15, 0.2) is 19.7 Å². The SMILES string of the molecule is COc1cccc(C2(S(C)(=O)=O)N=C(N3CCOCC3)NC3=C2CCN3c2cccc(S(C)(=O)=O)c2)c1. The zero-order chi connectivity index (χ0) is 26.4. The molecule has 1 fully saturated rings. The van der Waals surface area contributed by atoms with Crippen LogP contribution in [0.25, 0.3) is 0 Å². The molecule has 10 nitrogen and oxygen atoms in total. The Labute approximate surface area is 217 Å². The van der Waals surface area contributed by atoms with Crippen molar-refractivity contribution in [2.45, 2.75) is 16.2 Å². The van der Waals surface area contributed by atoms with Crippen molar-refractivity contribution in [3.8, 4) is 5.75 Å². The molecule has 1 unspecified atom stereocenters. The molecule has 0 spiro atoms. The van der Waals surface area contributed by atoms with Crippen molar-refractivity contribution in [1.29, 1.82) is 0 Å². The Balaban J connectivity index is 1.73. The highest BCUT2D eigenvalue weighted by molar-refractivity contribution is 7.92. The van der Waals surface area contributed by atoms with Gasteiger partial charge in [0, 0.05) is 49.0 Å². The second kappa shape index (κ2) is 9.34. The molecule has 3 aliphatic heterocycles. The van der Waals surface area contributed by atoms with Crippen LogP contribution in [-0.2, 0) is 29.3 Å². The van der Waals surface area contributed by atoms with Gasteiger partial charge >= 0.3 is 0 Å². The lowest BCUT2D eigenvalue weighted by Crippen LogP contribution is -2.53. The molecule has 0 aliphatic carbocycles. The van der Waals surface area contributed by atoms with Crippen LogP contribution in [0.2, 0.25) is 0 Å². The molecule has 1 atom stereocenters. The second-order valence-corrected chi connectivity index (χ2v) is 13.5. The third-order valence-corrected chi connectivity index (χ3v) is 9.67. The van der Waals surface area contributed by atoms with Crippen molar-refractivity contribution in [3.63, 3.8) is 0 Å². The fraction of sp³-hybridized carbons (Fsp3) is 0.400. The fourth-order valence-electron chi connectivity index (χ4n) is 5.10. The predicted octanol–water partition coefficient (Wildman–Crippen LogP) is 1.71. The summed E-state index contributed by atoms with van der Waals surface area (Å²) in [6.07, 6.45) is 2.78. The summed E-state index contributed by atoms with van der Waals surface area (Å²) < 4.78 is 62.9. The van der Waals surface area contributed by atoms with E-state index in [2.05, 4.69) is 5.32 Å². The first-order valence-corrected chi connectivity index (χ1v) is 15.7. The maximum Gasteiger partial charge on any atom is 0.214 e. The van der Waals surface area contributed by atoms with Gasteiger partial charge in [-0.3, -0.25) is 0 Å². The normalized spacial score (nSPS) is 22.4. The van der Waals surface area contributed by atoms with Crippen LogP contribution in [-0.4, -0.2) is 80.2 Å². The van der Waals surface area contributed by atoms with Gasteiger partial charge in [0.25, 0.3) is 0 Å². The van der Waals surface area contributed by atoms with Gasteiger partial charge in [-0.15, -0.1) is 0 Å². The minimum Gasteiger partial charge on any atom is -0.497 e. The van der Waals surface area contributed by atoms with Gasteiger partial charge in [0.05, 0.1) is 25.2 Å². The van der Waals surface area contributed by atoms with Crippen LogP contribution in [0.5, 0.6) is 5.75 Å². The summed E-state index contributed by atoms with van der Waals surface area (Å²) in [6, 6.07) is 13.7. The number of hydrogen-bond donors (Lipinski definition) is 1. The number of nitrogens with zero attached hydrogens (tertiary/aromatic N) is 3. The number of aliphatic imine (C=N–C) groups is 1. The van der Waals surface area contributed by atoms with E-state index in [1.54, 1.807) is 42.5 Å². The minimum absolute atomic E-state index is 0.194. The molecule has 37 heavy (non-hydrogen) atoms. The van der Waals surface area contributed by atoms with E-state index in [-0.39, 0.29) is 4.90 Å². The Hall–Kier alpha value is -3.09. The number of guanidine groups is 1. The highest BCUT2D eigenvalue weighted by Crippen LogP contribution is 2.48. The average molecular weight is 547 g/mol. The molecule has 0 bridgehead atoms. The van der Waals surface area contributed by atoms with E-state index in [0.29, 0.717) is 73.6 Å². The van der Waals surface area contributed by atoms with Gasteiger partial charge in [0.2, 0.25) is 10.8 Å². The molecule has 198 valence electrons. The molecular weight excluding hydrogens is 516 g/mol. The molecule has 0 saturated carbocycles. The summed E-state index contributed by atoms with van der Waals surface area (Å²) in [4.78, 5) is 7.36. The third kappa shape index (κ3) is 4.47. The van der Waals surface area contributed by atoms with Crippen molar-refractivity contribution >= 4 is 31.3 Å². The van der Waals surface area contributed by atoms with Crippen molar-refractivity contribution in [2.24, 2.45) is 4.99 Å². The molecule has 2 aromatic carbocycles. The number of ether oxygens (including phenoxy) is 2. The number of hydrogen-bond acceptors (Lipinski definition) is 10. The first-order valence-electron chi connectivity index (χ1n) is 11.9. The number of rotatable bonds is 5. The lowest BCUT2D eigenvalue weighted by Gasteiger charge is -2.40. The molecule has 3 heterocycles. The zero-order valence-corrected chi connectivity index (χ0v) is 22.6. The topological polar surface area (TPSA) is 118 Å². The van der Waals surface area contributed by atoms with Gasteiger partial charge in [0.1, 0.15) is 11.6 Å². The van der Waals surface area contributed by atoms with E-state index in [0.717, 1.165) is 0 Å². The van der Waals surface area contributed by atoms with Crippen LogP contribution in [0.1, 0.15) is 12.0 Å². The summed E-state index contributed by atoms with van der Waals surface area (Å²) in [6.45, 7) is 2.56. The van der Waals surface area contributed by atoms with Gasteiger partial charge in [-0.05, 0) is 36.8 Å². The molecule has 1 saturated heterocycles. The maximum atomic E-state index is 13.8. The predicted molar refractivity (Wildman–Crippen MR) is 141 cm³/mol. The smallest absolute Gasteiger partial charge is 0.214 e. The Bertz CT molecular complexity index is 1500. The van der Waals surface area contributed by atoms with Crippen molar-refractivity contribution in [2.75, 3.05) is 57.4 Å². The third-order valence-electron chi connectivity index (χ3n) is 6.91. The molecule has 3 aliphatic rings. The summed E-state index contributed by atoms with van der Waals surface area (Å²) in [5, 5.41) is 3.40. The highest BCUT2D eigenvalue weighted by Gasteiger charge is 2.53. The minimum atomic E-state index is -3.85. The molecule has 0 aromatic heterocycles. The number of benzene rings is 2. The zero-order valence-electron chi connectivity index (χ0n) is 21.0. The highest BCUT2D eigenvalue weighted by atomic mass is 32.2. The lowest BCUT2D eigenvalue weighted by molar-refractivity contribution is 0.0664. The number of sulfone groups is 2. The van der Waals surface area contributed by atoms with Crippen molar-refractivity contribution in [1.82, 2.24) is 10.2 Å². The van der Waals surface area contributed by atoms with Gasteiger partial charge in [-0.2, -0.15) is 0 Å². The molecule has 2 aromatic rings. The van der Waals surface area contributed by atoms with Crippen LogP contribution in [0.15, 0.2) is 69.8 Å². The molecule has 0 amide bonds. The van der Waals surface area contributed by atoms with Crippen molar-refractivity contribution < 1.29 is 26.3 Å². The lowest BCUT2D eigenvalue weighted by atomic mass is 9.95. The standard InChI is InChI=1S/C25H30N4O6S2/c1-34-20-8-4-6-18(16-20)25(37(3,32)33)22-10-11-29(19-7-5-9-21(17-19)36(2,30)31)23(22)26-24(27-25)28-12-14-35-15-13-28/h4-9,16-17H,10-15H2,1-3H3,(H,26,27). The molecule has 12 heteroatoms. The first-order chi connectivity index (χ1) is 17.5. The quantitative estimate of drug-likeness (QED) is 0.598. The summed E-state index contributed by atoms with van der Waals surface area (Å²) >= 11 is 0. The number of morpholine rings is 1. The van der Waals surface area contributed by atoms with E-state index >= 15 is 0 Å². The summed E-state index contributed by atoms with van der Waals surface area (Å²) in [5.41, 5.74) is 1.74. The summed E-state index contributed by atoms with van der Waals surface area (Å²) in [5.74, 6) is 1.55. The van der Waals surface area contributed by atoms with E-state index in [1.165, 1.54) is 19.6 Å².